The van der Waals surface area contributed by atoms with Crippen LogP contribution in [0.3, 0.4) is 0 Å². The lowest BCUT2D eigenvalue weighted by molar-refractivity contribution is 0.0774. The Morgan fingerprint density at radius 2 is 2.03 bits per heavy atom. The van der Waals surface area contributed by atoms with Crippen molar-refractivity contribution in [2.75, 3.05) is 13.2 Å². The van der Waals surface area contributed by atoms with E-state index >= 15 is 0 Å². The number of hydrogen-bond donors (Lipinski definition) is 2. The Hall–Kier alpha value is -2.59. The van der Waals surface area contributed by atoms with Crippen molar-refractivity contribution in [1.29, 1.82) is 0 Å². The number of carbonyl (C=O) groups is 1. The number of nitrogens with two attached hydrogens (primary N) is 1. The smallest absolute Gasteiger partial charge is 0.240 e. The first-order chi connectivity index (χ1) is 14.4. The lowest BCUT2D eigenvalue weighted by Crippen LogP contribution is -2.40. The first kappa shape index (κ1) is 22.1. The van der Waals surface area contributed by atoms with Crippen LogP contribution in [0.4, 0.5) is 0 Å². The summed E-state index contributed by atoms with van der Waals surface area (Å²) in [6, 6.07) is 10.0. The van der Waals surface area contributed by atoms with E-state index in [4.69, 9.17) is 14.9 Å². The Bertz CT molecular complexity index is 1050. The van der Waals surface area contributed by atoms with Gasteiger partial charge in [0.05, 0.1) is 17.7 Å². The molecule has 0 saturated carbocycles. The molecule has 0 aliphatic carbocycles. The molecule has 30 heavy (non-hydrogen) atoms. The second-order valence-electron chi connectivity index (χ2n) is 6.96. The number of benzene rings is 1. The van der Waals surface area contributed by atoms with Gasteiger partial charge in [-0.05, 0) is 42.7 Å². The fraction of sp³-hybridized carbons (Fsp3) is 0.333. The molecule has 3 heterocycles. The van der Waals surface area contributed by atoms with E-state index in [1.807, 2.05) is 6.07 Å². The summed E-state index contributed by atoms with van der Waals surface area (Å²) in [4.78, 5) is 15.1. The molecule has 1 unspecified atom stereocenters. The molecule has 1 aliphatic rings. The maximum Gasteiger partial charge on any atom is 0.240 e. The largest absolute Gasteiger partial charge is 0.451 e. The molecular weight excluding hydrogens is 406 g/mol. The molecule has 3 aromatic rings. The number of nitrogens with one attached hydrogen (secondary N) is 1. The number of rotatable bonds is 5. The summed E-state index contributed by atoms with van der Waals surface area (Å²) in [5.74, 6) is 0.323. The van der Waals surface area contributed by atoms with E-state index in [1.165, 1.54) is 6.92 Å². The Labute approximate surface area is 175 Å². The third-order valence-corrected chi connectivity index (χ3v) is 6.16. The number of carbonyl (C=O) groups excluding carboxylic acids is 1. The molecule has 0 spiro atoms. The Kier molecular flexibility index (Phi) is 7.33. The second-order valence-corrected chi connectivity index (χ2v) is 8.68. The molecule has 0 radical (unpaired) electrons. The quantitative estimate of drug-likeness (QED) is 0.595. The number of sulfonamides is 1. The number of ketones is 1. The van der Waals surface area contributed by atoms with E-state index in [0.29, 0.717) is 31.1 Å². The topological polar surface area (TPSA) is 125 Å². The molecule has 1 saturated heterocycles. The highest BCUT2D eigenvalue weighted by atomic mass is 32.2. The number of fused-ring (bicyclic) bond motifs is 1. The van der Waals surface area contributed by atoms with E-state index in [2.05, 4.69) is 9.71 Å². The molecule has 1 aromatic carbocycles. The predicted molar refractivity (Wildman–Crippen MR) is 113 cm³/mol. The molecule has 0 bridgehead atoms. The minimum absolute atomic E-state index is 0.0637. The third-order valence-electron chi connectivity index (χ3n) is 4.62. The highest BCUT2D eigenvalue weighted by molar-refractivity contribution is 7.89. The van der Waals surface area contributed by atoms with Crippen molar-refractivity contribution in [2.24, 2.45) is 5.73 Å². The minimum Gasteiger partial charge on any atom is -0.451 e. The molecule has 1 fully saturated rings. The van der Waals surface area contributed by atoms with Gasteiger partial charge < -0.3 is 14.9 Å². The first-order valence-corrected chi connectivity index (χ1v) is 11.1. The van der Waals surface area contributed by atoms with Crippen LogP contribution in [0.1, 0.15) is 35.9 Å². The minimum atomic E-state index is -3.46. The number of ether oxygens (including phenoxy) is 1. The average Bonchev–Trinajstić information content (AvgIpc) is 3.19. The van der Waals surface area contributed by atoms with Crippen molar-refractivity contribution in [2.45, 2.75) is 37.2 Å². The average molecular weight is 432 g/mol. The molecule has 3 N–H and O–H groups in total. The number of pyridine rings is 1. The summed E-state index contributed by atoms with van der Waals surface area (Å²) in [6.45, 7) is 3.04. The normalized spacial score (nSPS) is 16.7. The van der Waals surface area contributed by atoms with E-state index < -0.39 is 10.0 Å². The monoisotopic (exact) mass is 431 g/mol. The van der Waals surface area contributed by atoms with Gasteiger partial charge in [-0.3, -0.25) is 9.78 Å². The summed E-state index contributed by atoms with van der Waals surface area (Å²) >= 11 is 0. The van der Waals surface area contributed by atoms with E-state index in [1.54, 1.807) is 42.7 Å². The van der Waals surface area contributed by atoms with Crippen LogP contribution >= 0.6 is 0 Å². The highest BCUT2D eigenvalue weighted by Gasteiger charge is 2.22. The van der Waals surface area contributed by atoms with Crippen LogP contribution < -0.4 is 10.5 Å². The highest BCUT2D eigenvalue weighted by Crippen LogP contribution is 2.17. The van der Waals surface area contributed by atoms with Crippen LogP contribution in [0.2, 0.25) is 0 Å². The van der Waals surface area contributed by atoms with Gasteiger partial charge in [0.15, 0.2) is 17.1 Å². The van der Waals surface area contributed by atoms with Gasteiger partial charge in [0.2, 0.25) is 10.0 Å². The van der Waals surface area contributed by atoms with Gasteiger partial charge in [0.25, 0.3) is 0 Å². The first-order valence-electron chi connectivity index (χ1n) is 9.62. The van der Waals surface area contributed by atoms with Crippen LogP contribution in [0, 0.1) is 0 Å². The number of hydrogen-bond acceptors (Lipinski definition) is 7. The van der Waals surface area contributed by atoms with Gasteiger partial charge >= 0.3 is 0 Å². The van der Waals surface area contributed by atoms with Crippen LogP contribution in [0.5, 0.6) is 0 Å². The molecule has 9 heteroatoms. The molecule has 2 aromatic heterocycles. The lowest BCUT2D eigenvalue weighted by atomic mass is 10.1. The number of Topliss-reactive ketones (excluding diaryl/α,β-unsaturated/α-hetero) is 1. The maximum absolute atomic E-state index is 12.1. The Morgan fingerprint density at radius 3 is 2.63 bits per heavy atom. The van der Waals surface area contributed by atoms with E-state index in [0.717, 1.165) is 23.8 Å². The lowest BCUT2D eigenvalue weighted by Gasteiger charge is -2.22. The van der Waals surface area contributed by atoms with Gasteiger partial charge in [-0.15, -0.1) is 0 Å². The van der Waals surface area contributed by atoms with Crippen LogP contribution in [0.25, 0.3) is 11.0 Å². The van der Waals surface area contributed by atoms with Crippen LogP contribution in [0.15, 0.2) is 58.1 Å². The van der Waals surface area contributed by atoms with Crippen molar-refractivity contribution in [3.63, 3.8) is 0 Å². The van der Waals surface area contributed by atoms with Crippen LogP contribution in [-0.2, 0) is 21.3 Å². The zero-order chi connectivity index (χ0) is 21.6. The molecule has 160 valence electrons. The fourth-order valence-corrected chi connectivity index (χ4v) is 4.24. The maximum atomic E-state index is 12.1. The summed E-state index contributed by atoms with van der Waals surface area (Å²) < 4.78 is 37.3. The molecule has 0 amide bonds. The summed E-state index contributed by atoms with van der Waals surface area (Å²) in [5, 5.41) is 0.912. The SMILES string of the molecule is CC(=O)c1cc2ccncc2o1.NCc1ccc(S(=O)(=O)NC2CCCOC2)cc1. The van der Waals surface area contributed by atoms with Gasteiger partial charge in [-0.1, -0.05) is 12.1 Å². The van der Waals surface area contributed by atoms with E-state index in [-0.39, 0.29) is 16.7 Å². The van der Waals surface area contributed by atoms with Gasteiger partial charge in [0, 0.05) is 37.7 Å². The van der Waals surface area contributed by atoms with Crippen molar-refractivity contribution in [1.82, 2.24) is 9.71 Å². The second kappa shape index (κ2) is 9.94. The van der Waals surface area contributed by atoms with Crippen molar-refractivity contribution in [3.05, 3.63) is 60.1 Å². The predicted octanol–water partition coefficient (Wildman–Crippen LogP) is 2.63. The molecular formula is C21H25N3O5S. The zero-order valence-electron chi connectivity index (χ0n) is 16.7. The van der Waals surface area contributed by atoms with Gasteiger partial charge in [0.1, 0.15) is 0 Å². The molecule has 8 nitrogen and oxygen atoms in total. The number of nitrogens with zero attached hydrogens (tertiary/aromatic N) is 1. The Morgan fingerprint density at radius 1 is 1.27 bits per heavy atom. The van der Waals surface area contributed by atoms with Crippen molar-refractivity contribution >= 4 is 26.8 Å². The van der Waals surface area contributed by atoms with Gasteiger partial charge in [-0.25, -0.2) is 13.1 Å². The molecule has 4 rings (SSSR count). The summed E-state index contributed by atoms with van der Waals surface area (Å²) in [5.41, 5.74) is 7.04. The van der Waals surface area contributed by atoms with Crippen LogP contribution in [-0.4, -0.2) is 38.4 Å². The zero-order valence-corrected chi connectivity index (χ0v) is 17.5. The molecule has 1 atom stereocenters. The fourth-order valence-electron chi connectivity index (χ4n) is 2.98. The number of furan rings is 1. The Balaban J connectivity index is 0.000000184. The third kappa shape index (κ3) is 5.73. The standard InChI is InChI=1S/C12H18N2O3S.C9H7NO2/c13-8-10-3-5-12(6-4-10)18(15,16)14-11-2-1-7-17-9-11;1-6(11)8-4-7-2-3-10-5-9(7)12-8/h3-6,11,14H,1-2,7-9,13H2;2-5H,1H3. The molecule has 1 aliphatic heterocycles. The van der Waals surface area contributed by atoms with E-state index in [9.17, 15) is 13.2 Å². The van der Waals surface area contributed by atoms with Crippen molar-refractivity contribution in [3.8, 4) is 0 Å². The summed E-state index contributed by atoms with van der Waals surface area (Å²) in [6.07, 6.45) is 4.98. The summed E-state index contributed by atoms with van der Waals surface area (Å²) in [7, 11) is -3.46. The van der Waals surface area contributed by atoms with Crippen molar-refractivity contribution < 1.29 is 22.4 Å². The van der Waals surface area contributed by atoms with Gasteiger partial charge in [-0.2, -0.15) is 0 Å². The number of aromatic nitrogens is 1.